The fraction of sp³-hybridized carbons (Fsp3) is 0.429. The molecule has 42 heavy (non-hydrogen) atoms. The van der Waals surface area contributed by atoms with Gasteiger partial charge >= 0.3 is 6.09 Å². The lowest BCUT2D eigenvalue weighted by Crippen LogP contribution is -2.35. The van der Waals surface area contributed by atoms with Crippen LogP contribution in [0.3, 0.4) is 0 Å². The first-order valence-electron chi connectivity index (χ1n) is 13.4. The number of nitro benzene ring substituents is 1. The Labute approximate surface area is 245 Å². The van der Waals surface area contributed by atoms with Gasteiger partial charge in [0.15, 0.2) is 5.16 Å². The van der Waals surface area contributed by atoms with Gasteiger partial charge in [0.1, 0.15) is 29.3 Å². The van der Waals surface area contributed by atoms with E-state index in [2.05, 4.69) is 15.5 Å². The van der Waals surface area contributed by atoms with Crippen LogP contribution in [0.2, 0.25) is 0 Å². The number of carbonyl (C=O) groups is 2. The molecule has 0 bridgehead atoms. The third-order valence-electron chi connectivity index (χ3n) is 6.71. The maximum absolute atomic E-state index is 15.0. The number of nitrogens with one attached hydrogen (secondary N) is 1. The van der Waals surface area contributed by atoms with Crippen LogP contribution in [0.15, 0.2) is 46.7 Å². The predicted molar refractivity (Wildman–Crippen MR) is 152 cm³/mol. The van der Waals surface area contributed by atoms with Crippen molar-refractivity contribution in [2.45, 2.75) is 74.6 Å². The lowest BCUT2D eigenvalue weighted by molar-refractivity contribution is -0.384. The monoisotopic (exact) mass is 602 g/mol. The van der Waals surface area contributed by atoms with Gasteiger partial charge in [-0.25, -0.2) is 13.6 Å². The number of rotatable bonds is 9. The average Bonchev–Trinajstić information content (AvgIpc) is 3.61. The number of halogens is 2. The fourth-order valence-corrected chi connectivity index (χ4v) is 5.49. The van der Waals surface area contributed by atoms with Gasteiger partial charge < -0.3 is 19.5 Å². The molecule has 1 aliphatic carbocycles. The summed E-state index contributed by atoms with van der Waals surface area (Å²) in [6.07, 6.45) is 4.62. The van der Waals surface area contributed by atoms with Crippen molar-refractivity contribution in [2.24, 2.45) is 0 Å². The Morgan fingerprint density at radius 3 is 2.48 bits per heavy atom. The molecule has 11 nitrogen and oxygen atoms in total. The molecular formula is C28H32F2N6O5S. The summed E-state index contributed by atoms with van der Waals surface area (Å²) in [7, 11) is 1.59. The number of benzene rings is 2. The highest BCUT2D eigenvalue weighted by molar-refractivity contribution is 7.99. The Balaban J connectivity index is 1.54. The second kappa shape index (κ2) is 12.8. The highest BCUT2D eigenvalue weighted by atomic mass is 32.2. The highest BCUT2D eigenvalue weighted by Gasteiger charge is 2.25. The number of carbonyl (C=O) groups excluding carboxylic acids is 2. The van der Waals surface area contributed by atoms with Crippen LogP contribution in [-0.2, 0) is 11.3 Å². The third kappa shape index (κ3) is 7.60. The molecule has 0 atom stereocenters. The van der Waals surface area contributed by atoms with E-state index in [1.807, 2.05) is 0 Å². The van der Waals surface area contributed by atoms with Crippen LogP contribution in [0.4, 0.5) is 25.0 Å². The number of hydrogen-bond donors (Lipinski definition) is 1. The molecule has 0 spiro atoms. The number of non-ortho nitro benzene ring substituents is 1. The first-order valence-corrected chi connectivity index (χ1v) is 14.2. The molecule has 224 valence electrons. The molecule has 14 heteroatoms. The summed E-state index contributed by atoms with van der Waals surface area (Å²) in [4.78, 5) is 38.0. The van der Waals surface area contributed by atoms with E-state index in [0.717, 1.165) is 43.5 Å². The summed E-state index contributed by atoms with van der Waals surface area (Å²) in [5.74, 6) is -2.69. The van der Waals surface area contributed by atoms with Gasteiger partial charge in [0.2, 0.25) is 0 Å². The number of ether oxygens (including phenoxy) is 1. The Morgan fingerprint density at radius 1 is 1.19 bits per heavy atom. The summed E-state index contributed by atoms with van der Waals surface area (Å²) < 4.78 is 36.9. The molecular weight excluding hydrogens is 570 g/mol. The maximum atomic E-state index is 15.0. The molecule has 1 heterocycles. The number of nitrogens with zero attached hydrogens (tertiary/aromatic N) is 5. The summed E-state index contributed by atoms with van der Waals surface area (Å²) >= 11 is 0.988. The minimum Gasteiger partial charge on any atom is -0.444 e. The van der Waals surface area contributed by atoms with Crippen LogP contribution in [-0.4, -0.2) is 55.8 Å². The smallest absolute Gasteiger partial charge is 0.410 e. The topological polar surface area (TPSA) is 132 Å². The van der Waals surface area contributed by atoms with Gasteiger partial charge in [0.05, 0.1) is 10.5 Å². The van der Waals surface area contributed by atoms with Crippen LogP contribution in [0.25, 0.3) is 0 Å². The zero-order valence-corrected chi connectivity index (χ0v) is 24.5. The molecule has 1 fully saturated rings. The van der Waals surface area contributed by atoms with Crippen molar-refractivity contribution in [3.63, 3.8) is 0 Å². The van der Waals surface area contributed by atoms with Crippen LogP contribution in [0.5, 0.6) is 0 Å². The Bertz CT molecular complexity index is 1460. The van der Waals surface area contributed by atoms with Gasteiger partial charge in [0.25, 0.3) is 11.6 Å². The molecule has 0 unspecified atom stereocenters. The van der Waals surface area contributed by atoms with E-state index in [4.69, 9.17) is 4.74 Å². The SMILES string of the molecule is CN(CCn1cnnc1Sc1ccc([N+](=O)[O-])cc1C(=O)Nc1c(F)cc(C2CCCC2)cc1F)C(=O)OC(C)(C)C. The molecule has 1 aromatic heterocycles. The highest BCUT2D eigenvalue weighted by Crippen LogP contribution is 2.37. The predicted octanol–water partition coefficient (Wildman–Crippen LogP) is 6.39. The fourth-order valence-electron chi connectivity index (χ4n) is 4.55. The lowest BCUT2D eigenvalue weighted by Gasteiger charge is -2.24. The van der Waals surface area contributed by atoms with Crippen LogP contribution in [0.1, 0.15) is 68.3 Å². The van der Waals surface area contributed by atoms with Gasteiger partial charge in [-0.1, -0.05) is 12.8 Å². The zero-order chi connectivity index (χ0) is 30.6. The van der Waals surface area contributed by atoms with Crippen molar-refractivity contribution in [2.75, 3.05) is 18.9 Å². The van der Waals surface area contributed by atoms with Crippen LogP contribution < -0.4 is 5.32 Å². The molecule has 1 aliphatic rings. The minimum atomic E-state index is -0.927. The molecule has 0 radical (unpaired) electrons. The summed E-state index contributed by atoms with van der Waals surface area (Å²) in [6.45, 7) is 5.82. The first kappa shape index (κ1) is 30.9. The molecule has 2 amide bonds. The average molecular weight is 603 g/mol. The van der Waals surface area contributed by atoms with Crippen molar-refractivity contribution in [1.82, 2.24) is 19.7 Å². The van der Waals surface area contributed by atoms with E-state index >= 15 is 0 Å². The molecule has 3 aromatic rings. The maximum Gasteiger partial charge on any atom is 0.410 e. The number of likely N-dealkylation sites (N-methyl/N-ethyl adjacent to an activating group) is 1. The van der Waals surface area contributed by atoms with E-state index < -0.39 is 39.8 Å². The van der Waals surface area contributed by atoms with E-state index in [9.17, 15) is 28.5 Å². The number of nitro groups is 1. The largest absolute Gasteiger partial charge is 0.444 e. The van der Waals surface area contributed by atoms with E-state index in [0.29, 0.717) is 10.7 Å². The molecule has 1 saturated carbocycles. The van der Waals surface area contributed by atoms with E-state index in [1.165, 1.54) is 35.5 Å². The van der Waals surface area contributed by atoms with Gasteiger partial charge in [-0.2, -0.15) is 0 Å². The van der Waals surface area contributed by atoms with Crippen molar-refractivity contribution >= 4 is 35.1 Å². The van der Waals surface area contributed by atoms with Crippen molar-refractivity contribution in [3.05, 3.63) is 69.5 Å². The Kier molecular flexibility index (Phi) is 9.44. The minimum absolute atomic E-state index is 0.0693. The summed E-state index contributed by atoms with van der Waals surface area (Å²) in [6, 6.07) is 6.08. The van der Waals surface area contributed by atoms with Gasteiger partial charge in [-0.05, 0) is 75.1 Å². The molecule has 0 saturated heterocycles. The number of anilines is 1. The van der Waals surface area contributed by atoms with Crippen molar-refractivity contribution in [1.29, 1.82) is 0 Å². The number of hydrogen-bond acceptors (Lipinski definition) is 8. The van der Waals surface area contributed by atoms with Gasteiger partial charge in [-0.15, -0.1) is 10.2 Å². The van der Waals surface area contributed by atoms with E-state index in [-0.39, 0.29) is 35.2 Å². The number of amides is 2. The number of aromatic nitrogens is 3. The van der Waals surface area contributed by atoms with E-state index in [1.54, 1.807) is 32.4 Å². The van der Waals surface area contributed by atoms with Gasteiger partial charge in [0, 0.05) is 37.2 Å². The quantitative estimate of drug-likeness (QED) is 0.220. The zero-order valence-electron chi connectivity index (χ0n) is 23.7. The Morgan fingerprint density at radius 2 is 1.86 bits per heavy atom. The molecule has 0 aliphatic heterocycles. The standard InChI is InChI=1S/C28H32F2N6O5S/c1-28(2,3)41-27(38)34(4)11-12-35-16-31-33-26(35)42-23-10-9-19(36(39)40)15-20(23)25(37)32-24-21(29)13-18(14-22(24)30)17-7-5-6-8-17/h9-10,13-17H,5-8,11-12H2,1-4H3,(H,32,37). The van der Waals surface area contributed by atoms with Crippen LogP contribution >= 0.6 is 11.8 Å². The molecule has 4 rings (SSSR count). The second-order valence-electron chi connectivity index (χ2n) is 11.0. The molecule has 1 N–H and O–H groups in total. The lowest BCUT2D eigenvalue weighted by atomic mass is 9.97. The Hall–Kier alpha value is -4.07. The third-order valence-corrected chi connectivity index (χ3v) is 7.79. The van der Waals surface area contributed by atoms with Crippen LogP contribution in [0, 0.1) is 21.7 Å². The summed E-state index contributed by atoms with van der Waals surface area (Å²) in [5, 5.41) is 22.0. The van der Waals surface area contributed by atoms with Crippen molar-refractivity contribution < 1.29 is 28.0 Å². The normalized spacial score (nSPS) is 13.7. The van der Waals surface area contributed by atoms with Gasteiger partial charge in [-0.3, -0.25) is 14.9 Å². The molecule has 2 aromatic carbocycles. The first-order chi connectivity index (χ1) is 19.8. The van der Waals surface area contributed by atoms with Crippen molar-refractivity contribution in [3.8, 4) is 0 Å². The summed E-state index contributed by atoms with van der Waals surface area (Å²) in [5.41, 5.74) is -1.28. The second-order valence-corrected chi connectivity index (χ2v) is 12.1.